The van der Waals surface area contributed by atoms with E-state index < -0.39 is 9.84 Å². The largest absolute Gasteiger partial charge is 0.352 e. The van der Waals surface area contributed by atoms with Crippen molar-refractivity contribution in [2.45, 2.75) is 32.4 Å². The predicted octanol–water partition coefficient (Wildman–Crippen LogP) is 0.647. The molecular formula is C16H22N2O4S. The summed E-state index contributed by atoms with van der Waals surface area (Å²) in [7, 11) is -1.49. The molecule has 1 heterocycles. The number of hydrogen-bond donors (Lipinski definition) is 1. The molecule has 1 N–H and O–H groups in total. The van der Waals surface area contributed by atoms with Crippen molar-refractivity contribution in [3.8, 4) is 0 Å². The van der Waals surface area contributed by atoms with Gasteiger partial charge in [0.15, 0.2) is 9.84 Å². The second kappa shape index (κ2) is 7.12. The maximum absolute atomic E-state index is 12.1. The van der Waals surface area contributed by atoms with E-state index in [1.54, 1.807) is 7.05 Å². The van der Waals surface area contributed by atoms with Crippen LogP contribution < -0.4 is 5.32 Å². The van der Waals surface area contributed by atoms with Gasteiger partial charge >= 0.3 is 0 Å². The zero-order chi connectivity index (χ0) is 17.0. The van der Waals surface area contributed by atoms with E-state index in [-0.39, 0.29) is 35.8 Å². The van der Waals surface area contributed by atoms with Crippen molar-refractivity contribution in [3.05, 3.63) is 35.4 Å². The second-order valence-corrected chi connectivity index (χ2v) is 8.23. The Morgan fingerprint density at radius 3 is 2.70 bits per heavy atom. The molecule has 1 aromatic rings. The van der Waals surface area contributed by atoms with E-state index in [1.165, 1.54) is 4.90 Å². The maximum atomic E-state index is 12.1. The number of sulfone groups is 1. The summed E-state index contributed by atoms with van der Waals surface area (Å²) in [5.74, 6) is -0.618. The van der Waals surface area contributed by atoms with Crippen LogP contribution in [0.3, 0.4) is 0 Å². The smallest absolute Gasteiger partial charge is 0.232 e. The Bertz CT molecular complexity index is 700. The number of carbonyl (C=O) groups excluding carboxylic acids is 2. The van der Waals surface area contributed by atoms with Crippen molar-refractivity contribution in [2.24, 2.45) is 0 Å². The Balaban J connectivity index is 1.81. The summed E-state index contributed by atoms with van der Waals surface area (Å²) in [6.45, 7) is 2.34. The van der Waals surface area contributed by atoms with E-state index in [0.717, 1.165) is 11.1 Å². The predicted molar refractivity (Wildman–Crippen MR) is 87.5 cm³/mol. The van der Waals surface area contributed by atoms with Gasteiger partial charge in [0.1, 0.15) is 6.42 Å². The van der Waals surface area contributed by atoms with E-state index in [0.29, 0.717) is 13.0 Å². The number of amides is 2. The van der Waals surface area contributed by atoms with Crippen molar-refractivity contribution in [2.75, 3.05) is 18.6 Å². The molecule has 23 heavy (non-hydrogen) atoms. The molecule has 1 fully saturated rings. The Morgan fingerprint density at radius 2 is 2.09 bits per heavy atom. The molecule has 1 saturated heterocycles. The summed E-state index contributed by atoms with van der Waals surface area (Å²) < 4.78 is 22.9. The minimum atomic E-state index is -3.05. The van der Waals surface area contributed by atoms with Crippen LogP contribution in [0.4, 0.5) is 0 Å². The Morgan fingerprint density at radius 1 is 1.35 bits per heavy atom. The molecule has 126 valence electrons. The molecule has 6 nitrogen and oxygen atoms in total. The number of benzene rings is 1. The van der Waals surface area contributed by atoms with Crippen LogP contribution in [-0.4, -0.2) is 49.7 Å². The normalized spacial score (nSPS) is 19.3. The quantitative estimate of drug-likeness (QED) is 0.799. The fraction of sp³-hybridized carbons (Fsp3) is 0.500. The lowest BCUT2D eigenvalue weighted by atomic mass is 10.1. The number of aryl methyl sites for hydroxylation is 1. The summed E-state index contributed by atoms with van der Waals surface area (Å²) in [5, 5.41) is 2.71. The molecule has 2 amide bonds. The lowest BCUT2D eigenvalue weighted by Crippen LogP contribution is -2.40. The van der Waals surface area contributed by atoms with E-state index in [4.69, 9.17) is 0 Å². The highest BCUT2D eigenvalue weighted by atomic mass is 32.2. The lowest BCUT2D eigenvalue weighted by Gasteiger charge is -2.23. The van der Waals surface area contributed by atoms with Crippen LogP contribution in [0.15, 0.2) is 24.3 Å². The molecule has 1 atom stereocenters. The number of rotatable bonds is 5. The van der Waals surface area contributed by atoms with Crippen molar-refractivity contribution < 1.29 is 18.0 Å². The van der Waals surface area contributed by atoms with Gasteiger partial charge in [-0.15, -0.1) is 0 Å². The second-order valence-electron chi connectivity index (χ2n) is 6.00. The first-order valence-corrected chi connectivity index (χ1v) is 9.37. The van der Waals surface area contributed by atoms with Crippen molar-refractivity contribution >= 4 is 21.7 Å². The topological polar surface area (TPSA) is 83.6 Å². The molecule has 2 rings (SSSR count). The molecule has 0 aliphatic carbocycles. The summed E-state index contributed by atoms with van der Waals surface area (Å²) in [6.07, 6.45) is 0.175. The number of carbonyl (C=O) groups is 2. The molecule has 0 spiro atoms. The third-order valence-electron chi connectivity index (χ3n) is 4.03. The van der Waals surface area contributed by atoms with Crippen LogP contribution in [0, 0.1) is 6.92 Å². The van der Waals surface area contributed by atoms with Crippen LogP contribution in [0.25, 0.3) is 0 Å². The molecule has 1 aliphatic heterocycles. The third-order valence-corrected chi connectivity index (χ3v) is 5.78. The van der Waals surface area contributed by atoms with Crippen molar-refractivity contribution in [1.82, 2.24) is 10.2 Å². The highest BCUT2D eigenvalue weighted by molar-refractivity contribution is 7.91. The lowest BCUT2D eigenvalue weighted by molar-refractivity contribution is -0.136. The van der Waals surface area contributed by atoms with Crippen LogP contribution in [0.1, 0.15) is 24.0 Å². The van der Waals surface area contributed by atoms with E-state index >= 15 is 0 Å². The molecule has 1 aromatic carbocycles. The highest BCUT2D eigenvalue weighted by Gasteiger charge is 2.33. The summed E-state index contributed by atoms with van der Waals surface area (Å²) in [5.41, 5.74) is 2.08. The highest BCUT2D eigenvalue weighted by Crippen LogP contribution is 2.17. The summed E-state index contributed by atoms with van der Waals surface area (Å²) in [6, 6.07) is 7.44. The number of nitrogens with zero attached hydrogens (tertiary/aromatic N) is 1. The monoisotopic (exact) mass is 338 g/mol. The minimum Gasteiger partial charge on any atom is -0.352 e. The van der Waals surface area contributed by atoms with Gasteiger partial charge in [0.2, 0.25) is 11.8 Å². The van der Waals surface area contributed by atoms with E-state index in [1.807, 2.05) is 31.2 Å². The maximum Gasteiger partial charge on any atom is 0.232 e. The molecule has 1 unspecified atom stereocenters. The van der Waals surface area contributed by atoms with E-state index in [2.05, 4.69) is 5.32 Å². The number of hydrogen-bond acceptors (Lipinski definition) is 4. The first kappa shape index (κ1) is 17.5. The average molecular weight is 338 g/mol. The average Bonchev–Trinajstić information content (AvgIpc) is 2.84. The van der Waals surface area contributed by atoms with Gasteiger partial charge < -0.3 is 10.2 Å². The van der Waals surface area contributed by atoms with Crippen molar-refractivity contribution in [1.29, 1.82) is 0 Å². The minimum absolute atomic E-state index is 0.0137. The van der Waals surface area contributed by atoms with Crippen LogP contribution >= 0.6 is 0 Å². The zero-order valence-electron chi connectivity index (χ0n) is 13.4. The Hall–Kier alpha value is -1.89. The van der Waals surface area contributed by atoms with Gasteiger partial charge in [0.25, 0.3) is 0 Å². The molecular weight excluding hydrogens is 316 g/mol. The first-order valence-electron chi connectivity index (χ1n) is 7.55. The molecule has 0 bridgehead atoms. The standard InChI is InChI=1S/C16H22N2O4S/c1-12-4-3-5-13(8-12)10-17-15(19)9-16(20)18(2)14-6-7-23(21,22)11-14/h3-5,8,14H,6-7,9-11H2,1-2H3,(H,17,19). The van der Waals surface area contributed by atoms with Gasteiger partial charge in [-0.3, -0.25) is 9.59 Å². The third kappa shape index (κ3) is 5.06. The molecule has 0 radical (unpaired) electrons. The zero-order valence-corrected chi connectivity index (χ0v) is 14.2. The molecule has 0 saturated carbocycles. The Kier molecular flexibility index (Phi) is 5.41. The van der Waals surface area contributed by atoms with Gasteiger partial charge in [-0.05, 0) is 18.9 Å². The van der Waals surface area contributed by atoms with Crippen LogP contribution in [0.5, 0.6) is 0 Å². The first-order chi connectivity index (χ1) is 10.8. The van der Waals surface area contributed by atoms with Gasteiger partial charge in [-0.1, -0.05) is 29.8 Å². The fourth-order valence-corrected chi connectivity index (χ4v) is 4.41. The van der Waals surface area contributed by atoms with Gasteiger partial charge in [-0.2, -0.15) is 0 Å². The Labute approximate surface area is 136 Å². The van der Waals surface area contributed by atoms with Crippen LogP contribution in [-0.2, 0) is 26.0 Å². The van der Waals surface area contributed by atoms with Crippen molar-refractivity contribution in [3.63, 3.8) is 0 Å². The van der Waals surface area contributed by atoms with Gasteiger partial charge in [-0.25, -0.2) is 8.42 Å². The number of nitrogens with one attached hydrogen (secondary N) is 1. The summed E-state index contributed by atoms with van der Waals surface area (Å²) >= 11 is 0. The summed E-state index contributed by atoms with van der Waals surface area (Å²) in [4.78, 5) is 25.4. The SMILES string of the molecule is Cc1cccc(CNC(=O)CC(=O)N(C)C2CCS(=O)(=O)C2)c1. The van der Waals surface area contributed by atoms with Crippen LogP contribution in [0.2, 0.25) is 0 Å². The fourth-order valence-electron chi connectivity index (χ4n) is 2.63. The molecule has 7 heteroatoms. The molecule has 1 aliphatic rings. The van der Waals surface area contributed by atoms with E-state index in [9.17, 15) is 18.0 Å². The molecule has 0 aromatic heterocycles. The van der Waals surface area contributed by atoms with Gasteiger partial charge in [0, 0.05) is 19.6 Å². The van der Waals surface area contributed by atoms with Gasteiger partial charge in [0.05, 0.1) is 11.5 Å².